The van der Waals surface area contributed by atoms with Gasteiger partial charge in [-0.05, 0) is 31.0 Å². The second-order valence-electron chi connectivity index (χ2n) is 6.17. The Morgan fingerprint density at radius 2 is 1.96 bits per heavy atom. The minimum Gasteiger partial charge on any atom is -0.423 e. The van der Waals surface area contributed by atoms with Crippen LogP contribution in [0.1, 0.15) is 40.9 Å². The molecule has 0 spiro atoms. The van der Waals surface area contributed by atoms with Crippen LogP contribution in [0.5, 0.6) is 0 Å². The van der Waals surface area contributed by atoms with E-state index in [2.05, 4.69) is 20.4 Å². The Balaban J connectivity index is 1.36. The topological polar surface area (TPSA) is 89.9 Å². The predicted octanol–water partition coefficient (Wildman–Crippen LogP) is 2.38. The summed E-state index contributed by atoms with van der Waals surface area (Å²) in [6, 6.07) is 7.03. The van der Waals surface area contributed by atoms with E-state index in [0.29, 0.717) is 42.0 Å². The number of aromatic nitrogens is 5. The first kappa shape index (κ1) is 16.7. The fraction of sp³-hybridized carbons (Fsp3) is 0.353. The van der Waals surface area contributed by atoms with E-state index < -0.39 is 0 Å². The van der Waals surface area contributed by atoms with Crippen molar-refractivity contribution < 1.29 is 9.21 Å². The highest BCUT2D eigenvalue weighted by atomic mass is 35.5. The summed E-state index contributed by atoms with van der Waals surface area (Å²) in [7, 11) is 0. The smallest absolute Gasteiger partial charge is 0.253 e. The molecular formula is C17H17ClN6O2. The lowest BCUT2D eigenvalue weighted by Crippen LogP contribution is -2.38. The monoisotopic (exact) mass is 372 g/mol. The summed E-state index contributed by atoms with van der Waals surface area (Å²) in [5, 5.41) is 16.8. The van der Waals surface area contributed by atoms with Crippen LogP contribution in [0, 0.1) is 0 Å². The van der Waals surface area contributed by atoms with Gasteiger partial charge in [0.1, 0.15) is 6.54 Å². The number of likely N-dealkylation sites (tertiary alicyclic amines) is 1. The number of benzene rings is 1. The van der Waals surface area contributed by atoms with E-state index in [1.807, 2.05) is 4.90 Å². The summed E-state index contributed by atoms with van der Waals surface area (Å²) >= 11 is 5.98. The minimum absolute atomic E-state index is 0.00178. The molecule has 3 heterocycles. The van der Waals surface area contributed by atoms with Gasteiger partial charge in [-0.1, -0.05) is 17.7 Å². The molecule has 0 aliphatic carbocycles. The minimum atomic E-state index is 0.00178. The number of hydrogen-bond donors (Lipinski definition) is 0. The van der Waals surface area contributed by atoms with E-state index in [4.69, 9.17) is 16.0 Å². The van der Waals surface area contributed by atoms with Gasteiger partial charge in [0.2, 0.25) is 11.8 Å². The summed E-state index contributed by atoms with van der Waals surface area (Å²) < 4.78 is 5.75. The molecule has 4 rings (SSSR count). The Hall–Kier alpha value is -2.74. The zero-order valence-corrected chi connectivity index (χ0v) is 14.7. The molecule has 1 amide bonds. The molecule has 3 aromatic rings. The summed E-state index contributed by atoms with van der Waals surface area (Å²) in [6.45, 7) is 1.65. The van der Waals surface area contributed by atoms with Crippen LogP contribution in [0.3, 0.4) is 0 Å². The van der Waals surface area contributed by atoms with Crippen LogP contribution >= 0.6 is 11.6 Å². The Kier molecular flexibility index (Phi) is 4.66. The maximum atomic E-state index is 12.6. The maximum absolute atomic E-state index is 12.6. The molecule has 1 fully saturated rings. The predicted molar refractivity (Wildman–Crippen MR) is 92.8 cm³/mol. The largest absolute Gasteiger partial charge is 0.423 e. The van der Waals surface area contributed by atoms with Crippen molar-refractivity contribution >= 4 is 17.5 Å². The highest BCUT2D eigenvalue weighted by Gasteiger charge is 2.28. The van der Waals surface area contributed by atoms with Gasteiger partial charge in [0.25, 0.3) is 5.91 Å². The molecular weight excluding hydrogens is 356 g/mol. The lowest BCUT2D eigenvalue weighted by Gasteiger charge is -2.30. The number of carbonyl (C=O) groups is 1. The molecule has 0 saturated carbocycles. The maximum Gasteiger partial charge on any atom is 0.253 e. The summed E-state index contributed by atoms with van der Waals surface area (Å²) in [5.41, 5.74) is 0.614. The molecule has 1 aliphatic rings. The van der Waals surface area contributed by atoms with Crippen LogP contribution in [-0.4, -0.2) is 49.1 Å². The lowest BCUT2D eigenvalue weighted by atomic mass is 9.96. The lowest BCUT2D eigenvalue weighted by molar-refractivity contribution is 0.0706. The molecule has 2 aromatic heterocycles. The van der Waals surface area contributed by atoms with E-state index >= 15 is 0 Å². The molecule has 8 nitrogen and oxygen atoms in total. The summed E-state index contributed by atoms with van der Waals surface area (Å²) in [4.78, 5) is 15.9. The van der Waals surface area contributed by atoms with E-state index in [9.17, 15) is 4.79 Å². The average molecular weight is 373 g/mol. The SMILES string of the molecule is O=C(c1cccc(Cl)c1)N1CCC(c2nnc(Cn3nccn3)o2)CC1. The molecule has 0 N–H and O–H groups in total. The second-order valence-corrected chi connectivity index (χ2v) is 6.61. The van der Waals surface area contributed by atoms with E-state index in [1.54, 1.807) is 36.7 Å². The first-order valence-electron chi connectivity index (χ1n) is 8.40. The Morgan fingerprint density at radius 1 is 1.19 bits per heavy atom. The van der Waals surface area contributed by atoms with Gasteiger partial charge in [-0.3, -0.25) is 4.79 Å². The van der Waals surface area contributed by atoms with Crippen LogP contribution < -0.4 is 0 Å². The Bertz CT molecular complexity index is 886. The molecule has 134 valence electrons. The van der Waals surface area contributed by atoms with Gasteiger partial charge in [0.05, 0.1) is 12.4 Å². The molecule has 1 aliphatic heterocycles. The van der Waals surface area contributed by atoms with Gasteiger partial charge in [-0.25, -0.2) is 0 Å². The fourth-order valence-corrected chi connectivity index (χ4v) is 3.27. The fourth-order valence-electron chi connectivity index (χ4n) is 3.08. The van der Waals surface area contributed by atoms with E-state index in [-0.39, 0.29) is 11.8 Å². The zero-order valence-electron chi connectivity index (χ0n) is 14.0. The standard InChI is InChI=1S/C17H17ClN6O2/c18-14-3-1-2-13(10-14)17(25)23-8-4-12(5-9-23)16-22-21-15(26-16)11-24-19-6-7-20-24/h1-3,6-7,10,12H,4-5,8-9,11H2. The molecule has 1 aromatic carbocycles. The normalized spacial score (nSPS) is 15.3. The first-order chi connectivity index (χ1) is 12.7. The molecule has 0 atom stereocenters. The third kappa shape index (κ3) is 3.60. The van der Waals surface area contributed by atoms with E-state index in [1.165, 1.54) is 4.80 Å². The molecule has 0 radical (unpaired) electrons. The van der Waals surface area contributed by atoms with Crippen molar-refractivity contribution in [2.24, 2.45) is 0 Å². The molecule has 0 bridgehead atoms. The average Bonchev–Trinajstić information content (AvgIpc) is 3.34. The van der Waals surface area contributed by atoms with Gasteiger partial charge in [0.15, 0.2) is 0 Å². The van der Waals surface area contributed by atoms with Gasteiger partial charge < -0.3 is 9.32 Å². The Morgan fingerprint density at radius 3 is 2.69 bits per heavy atom. The van der Waals surface area contributed by atoms with Crippen molar-refractivity contribution in [1.82, 2.24) is 30.1 Å². The number of rotatable bonds is 4. The van der Waals surface area contributed by atoms with Gasteiger partial charge in [-0.2, -0.15) is 15.0 Å². The van der Waals surface area contributed by atoms with Crippen LogP contribution in [0.25, 0.3) is 0 Å². The molecule has 26 heavy (non-hydrogen) atoms. The van der Waals surface area contributed by atoms with Crippen molar-refractivity contribution in [2.75, 3.05) is 13.1 Å². The van der Waals surface area contributed by atoms with E-state index in [0.717, 1.165) is 12.8 Å². The number of nitrogens with zero attached hydrogens (tertiary/aromatic N) is 6. The summed E-state index contributed by atoms with van der Waals surface area (Å²) in [6.07, 6.45) is 4.77. The molecule has 0 unspecified atom stereocenters. The zero-order chi connectivity index (χ0) is 17.9. The highest BCUT2D eigenvalue weighted by Crippen LogP contribution is 2.28. The van der Waals surface area contributed by atoms with Crippen LogP contribution in [-0.2, 0) is 6.54 Å². The van der Waals surface area contributed by atoms with Crippen molar-refractivity contribution in [1.29, 1.82) is 0 Å². The van der Waals surface area contributed by atoms with Gasteiger partial charge >= 0.3 is 0 Å². The third-order valence-electron chi connectivity index (χ3n) is 4.43. The third-order valence-corrected chi connectivity index (χ3v) is 4.66. The second kappa shape index (κ2) is 7.25. The number of amides is 1. The van der Waals surface area contributed by atoms with Crippen molar-refractivity contribution in [3.63, 3.8) is 0 Å². The van der Waals surface area contributed by atoms with Crippen molar-refractivity contribution in [3.05, 3.63) is 59.0 Å². The highest BCUT2D eigenvalue weighted by molar-refractivity contribution is 6.30. The summed E-state index contributed by atoms with van der Waals surface area (Å²) in [5.74, 6) is 1.25. The number of carbonyl (C=O) groups excluding carboxylic acids is 1. The Labute approximate surface area is 154 Å². The van der Waals surface area contributed by atoms with Crippen molar-refractivity contribution in [2.45, 2.75) is 25.3 Å². The first-order valence-corrected chi connectivity index (χ1v) is 8.78. The number of piperidine rings is 1. The quantitative estimate of drug-likeness (QED) is 0.698. The molecule has 9 heteroatoms. The van der Waals surface area contributed by atoms with Gasteiger partial charge in [0, 0.05) is 29.6 Å². The van der Waals surface area contributed by atoms with Crippen LogP contribution in [0.4, 0.5) is 0 Å². The molecule has 1 saturated heterocycles. The number of hydrogen-bond acceptors (Lipinski definition) is 6. The van der Waals surface area contributed by atoms with Gasteiger partial charge in [-0.15, -0.1) is 10.2 Å². The van der Waals surface area contributed by atoms with Crippen LogP contribution in [0.15, 0.2) is 41.1 Å². The number of halogens is 1. The van der Waals surface area contributed by atoms with Crippen molar-refractivity contribution in [3.8, 4) is 0 Å². The van der Waals surface area contributed by atoms with Crippen LogP contribution in [0.2, 0.25) is 5.02 Å².